The lowest BCUT2D eigenvalue weighted by atomic mass is 10.1. The Kier molecular flexibility index (Phi) is 5.25. The molecule has 0 bridgehead atoms. The van der Waals surface area contributed by atoms with Gasteiger partial charge in [-0.15, -0.1) is 0 Å². The van der Waals surface area contributed by atoms with Crippen molar-refractivity contribution in [3.63, 3.8) is 0 Å². The smallest absolute Gasteiger partial charge is 0.258 e. The molecule has 0 fully saturated rings. The molecule has 1 rings (SSSR count). The van der Waals surface area contributed by atoms with Gasteiger partial charge in [-0.2, -0.15) is 0 Å². The predicted molar refractivity (Wildman–Crippen MR) is 60.0 cm³/mol. The fraction of sp³-hybridized carbons (Fsp3) is 0.364. The van der Waals surface area contributed by atoms with Crippen LogP contribution in [0.2, 0.25) is 0 Å². The van der Waals surface area contributed by atoms with E-state index in [1.165, 1.54) is 18.2 Å². The first kappa shape index (κ1) is 13.3. The quantitative estimate of drug-likeness (QED) is 0.518. The Morgan fingerprint density at radius 3 is 2.47 bits per heavy atom. The van der Waals surface area contributed by atoms with Crippen molar-refractivity contribution in [2.24, 2.45) is 0 Å². The van der Waals surface area contributed by atoms with Gasteiger partial charge in [-0.3, -0.25) is 4.79 Å². The van der Waals surface area contributed by atoms with Crippen LogP contribution in [0.1, 0.15) is 10.4 Å². The summed E-state index contributed by atoms with van der Waals surface area (Å²) in [5.74, 6) is -1.13. The van der Waals surface area contributed by atoms with Crippen molar-refractivity contribution < 1.29 is 24.9 Å². The molecule has 0 heterocycles. The maximum atomic E-state index is 11.6. The Labute approximate surface area is 98.5 Å². The van der Waals surface area contributed by atoms with Gasteiger partial charge in [0.15, 0.2) is 0 Å². The normalized spacial score (nSPS) is 10.2. The van der Waals surface area contributed by atoms with Gasteiger partial charge < -0.3 is 25.4 Å². The molecule has 17 heavy (non-hydrogen) atoms. The average molecular weight is 241 g/mol. The van der Waals surface area contributed by atoms with Crippen molar-refractivity contribution >= 4 is 5.91 Å². The van der Waals surface area contributed by atoms with Gasteiger partial charge in [0.2, 0.25) is 0 Å². The van der Waals surface area contributed by atoms with E-state index in [4.69, 9.17) is 9.84 Å². The largest absolute Gasteiger partial charge is 0.507 e. The fourth-order valence-corrected chi connectivity index (χ4v) is 1.25. The highest BCUT2D eigenvalue weighted by molar-refractivity contribution is 5.99. The number of hydrogen-bond acceptors (Lipinski definition) is 5. The van der Waals surface area contributed by atoms with Crippen LogP contribution in [0.4, 0.5) is 0 Å². The number of phenolic OH excluding ortho intramolecular Hbond substituents is 2. The molecule has 1 aromatic carbocycles. The summed E-state index contributed by atoms with van der Waals surface area (Å²) in [5.41, 5.74) is -0.158. The first-order valence-electron chi connectivity index (χ1n) is 5.14. The number of rotatable bonds is 6. The fourth-order valence-electron chi connectivity index (χ4n) is 1.25. The highest BCUT2D eigenvalue weighted by Crippen LogP contribution is 2.25. The van der Waals surface area contributed by atoms with Crippen LogP contribution >= 0.6 is 0 Å². The molecular weight excluding hydrogens is 226 g/mol. The molecule has 0 unspecified atom stereocenters. The van der Waals surface area contributed by atoms with E-state index in [9.17, 15) is 15.0 Å². The van der Waals surface area contributed by atoms with Crippen LogP contribution in [0.15, 0.2) is 18.2 Å². The molecule has 0 aliphatic heterocycles. The summed E-state index contributed by atoms with van der Waals surface area (Å²) < 4.78 is 4.94. The maximum absolute atomic E-state index is 11.6. The molecule has 6 heteroatoms. The lowest BCUT2D eigenvalue weighted by Gasteiger charge is -2.08. The summed E-state index contributed by atoms with van der Waals surface area (Å²) in [6.45, 7) is 0.610. The van der Waals surface area contributed by atoms with Crippen molar-refractivity contribution in [3.05, 3.63) is 23.8 Å². The monoisotopic (exact) mass is 241 g/mol. The molecule has 0 aliphatic carbocycles. The van der Waals surface area contributed by atoms with Crippen LogP contribution in [0.3, 0.4) is 0 Å². The second kappa shape index (κ2) is 6.72. The highest BCUT2D eigenvalue weighted by Gasteiger charge is 2.14. The lowest BCUT2D eigenvalue weighted by molar-refractivity contribution is 0.0835. The molecule has 0 atom stereocenters. The lowest BCUT2D eigenvalue weighted by Crippen LogP contribution is -2.27. The number of nitrogens with one attached hydrogen (secondary N) is 1. The zero-order valence-corrected chi connectivity index (χ0v) is 9.22. The summed E-state index contributed by atoms with van der Waals surface area (Å²) in [6, 6.07) is 4.07. The number of carbonyl (C=O) groups is 1. The Bertz CT molecular complexity index is 360. The third-order valence-corrected chi connectivity index (χ3v) is 2.02. The highest BCUT2D eigenvalue weighted by atomic mass is 16.5. The molecule has 0 saturated carbocycles. The van der Waals surface area contributed by atoms with E-state index in [1.54, 1.807) is 0 Å². The third-order valence-electron chi connectivity index (χ3n) is 2.02. The number of phenols is 2. The third kappa shape index (κ3) is 3.93. The van der Waals surface area contributed by atoms with Crippen LogP contribution in [0.5, 0.6) is 11.5 Å². The number of aliphatic hydroxyl groups excluding tert-OH is 1. The number of amides is 1. The van der Waals surface area contributed by atoms with Gasteiger partial charge in [-0.05, 0) is 12.1 Å². The molecule has 0 aromatic heterocycles. The van der Waals surface area contributed by atoms with E-state index in [2.05, 4.69) is 5.32 Å². The van der Waals surface area contributed by atoms with Crippen molar-refractivity contribution in [1.29, 1.82) is 0 Å². The molecule has 0 saturated heterocycles. The molecule has 4 N–H and O–H groups in total. The zero-order chi connectivity index (χ0) is 12.7. The Hall–Kier alpha value is -1.79. The van der Waals surface area contributed by atoms with Crippen molar-refractivity contribution in [2.75, 3.05) is 26.4 Å². The van der Waals surface area contributed by atoms with Crippen LogP contribution in [-0.2, 0) is 4.74 Å². The summed E-state index contributed by atoms with van der Waals surface area (Å²) >= 11 is 0. The van der Waals surface area contributed by atoms with Crippen molar-refractivity contribution in [1.82, 2.24) is 5.32 Å². The van der Waals surface area contributed by atoms with Gasteiger partial charge in [0.05, 0.1) is 19.8 Å². The molecule has 94 valence electrons. The van der Waals surface area contributed by atoms with E-state index >= 15 is 0 Å². The van der Waals surface area contributed by atoms with Gasteiger partial charge in [0.1, 0.15) is 17.1 Å². The van der Waals surface area contributed by atoms with Crippen molar-refractivity contribution in [3.8, 4) is 11.5 Å². The summed E-state index contributed by atoms with van der Waals surface area (Å²) in [6.07, 6.45) is 0. The van der Waals surface area contributed by atoms with Crippen LogP contribution < -0.4 is 5.32 Å². The Balaban J connectivity index is 2.47. The van der Waals surface area contributed by atoms with Crippen LogP contribution in [0.25, 0.3) is 0 Å². The number of hydrogen-bond donors (Lipinski definition) is 4. The topological polar surface area (TPSA) is 99.0 Å². The van der Waals surface area contributed by atoms with Gasteiger partial charge in [0.25, 0.3) is 5.91 Å². The van der Waals surface area contributed by atoms with Gasteiger partial charge in [-0.1, -0.05) is 6.07 Å². The maximum Gasteiger partial charge on any atom is 0.258 e. The first-order valence-corrected chi connectivity index (χ1v) is 5.14. The summed E-state index contributed by atoms with van der Waals surface area (Å²) in [7, 11) is 0. The summed E-state index contributed by atoms with van der Waals surface area (Å²) in [5, 5.41) is 29.8. The molecule has 1 aromatic rings. The predicted octanol–water partition coefficient (Wildman–Crippen LogP) is -0.164. The van der Waals surface area contributed by atoms with E-state index in [0.29, 0.717) is 0 Å². The van der Waals surface area contributed by atoms with Gasteiger partial charge >= 0.3 is 0 Å². The zero-order valence-electron chi connectivity index (χ0n) is 9.22. The Morgan fingerprint density at radius 1 is 1.24 bits per heavy atom. The van der Waals surface area contributed by atoms with E-state index in [1.807, 2.05) is 0 Å². The SMILES string of the molecule is O=C(NCCOCCO)c1c(O)cccc1O. The van der Waals surface area contributed by atoms with E-state index in [-0.39, 0.29) is 43.4 Å². The molecule has 6 nitrogen and oxygen atoms in total. The standard InChI is InChI=1S/C11H15NO5/c13-5-7-17-6-4-12-11(16)10-8(14)2-1-3-9(10)15/h1-3,13-15H,4-7H2,(H,12,16). The van der Waals surface area contributed by atoms with Crippen LogP contribution in [-0.4, -0.2) is 47.6 Å². The van der Waals surface area contributed by atoms with Gasteiger partial charge in [-0.25, -0.2) is 0 Å². The number of carbonyl (C=O) groups excluding carboxylic acids is 1. The molecule has 1 amide bonds. The second-order valence-corrected chi connectivity index (χ2v) is 3.26. The number of aliphatic hydroxyl groups is 1. The summed E-state index contributed by atoms with van der Waals surface area (Å²) in [4.78, 5) is 11.6. The second-order valence-electron chi connectivity index (χ2n) is 3.26. The molecule has 0 aliphatic rings. The first-order chi connectivity index (χ1) is 8.16. The average Bonchev–Trinajstić information content (AvgIpc) is 2.28. The molecule has 0 radical (unpaired) electrons. The molecular formula is C11H15NO5. The molecule has 0 spiro atoms. The minimum atomic E-state index is -0.576. The number of benzene rings is 1. The van der Waals surface area contributed by atoms with Crippen molar-refractivity contribution in [2.45, 2.75) is 0 Å². The minimum Gasteiger partial charge on any atom is -0.507 e. The van der Waals surface area contributed by atoms with E-state index in [0.717, 1.165) is 0 Å². The Morgan fingerprint density at radius 2 is 1.88 bits per heavy atom. The number of aromatic hydroxyl groups is 2. The minimum absolute atomic E-state index is 0.0752. The van der Waals surface area contributed by atoms with Gasteiger partial charge in [0, 0.05) is 6.54 Å². The van der Waals surface area contributed by atoms with E-state index < -0.39 is 5.91 Å². The number of ether oxygens (including phenoxy) is 1. The van der Waals surface area contributed by atoms with Crippen LogP contribution in [0, 0.1) is 0 Å².